The molecule has 0 spiro atoms. The van der Waals surface area contributed by atoms with Gasteiger partial charge >= 0.3 is 5.63 Å². The van der Waals surface area contributed by atoms with Crippen molar-refractivity contribution in [1.29, 1.82) is 0 Å². The first-order chi connectivity index (χ1) is 12.3. The van der Waals surface area contributed by atoms with Crippen LogP contribution in [0.1, 0.15) is 11.1 Å². The van der Waals surface area contributed by atoms with E-state index in [-0.39, 0.29) is 5.63 Å². The fourth-order valence-electron chi connectivity index (χ4n) is 4.01. The van der Waals surface area contributed by atoms with Gasteiger partial charge in [0.05, 0.1) is 7.11 Å². The predicted molar refractivity (Wildman–Crippen MR) is 99.4 cm³/mol. The maximum Gasteiger partial charge on any atom is 0.340 e. The molecular weight excluding hydrogens is 312 g/mol. The van der Waals surface area contributed by atoms with Gasteiger partial charge in [-0.2, -0.15) is 0 Å². The lowest BCUT2D eigenvalue weighted by Crippen LogP contribution is -2.15. The smallest absolute Gasteiger partial charge is 0.340 e. The third-order valence-corrected chi connectivity index (χ3v) is 5.12. The van der Waals surface area contributed by atoms with E-state index in [0.717, 1.165) is 45.0 Å². The number of rotatable bonds is 1. The molecule has 0 atom stereocenters. The molecule has 1 aliphatic carbocycles. The van der Waals surface area contributed by atoms with E-state index in [9.17, 15) is 4.79 Å². The van der Waals surface area contributed by atoms with Crippen LogP contribution in [0.4, 0.5) is 0 Å². The zero-order valence-corrected chi connectivity index (χ0v) is 13.8. The van der Waals surface area contributed by atoms with Crippen molar-refractivity contribution >= 4 is 21.7 Å². The van der Waals surface area contributed by atoms with E-state index in [0.29, 0.717) is 12.0 Å². The van der Waals surface area contributed by atoms with Crippen molar-refractivity contribution in [3.8, 4) is 16.9 Å². The monoisotopic (exact) mass is 328 g/mol. The minimum absolute atomic E-state index is 0.230. The van der Waals surface area contributed by atoms with Crippen molar-refractivity contribution in [3.05, 3.63) is 76.1 Å². The Bertz CT molecular complexity index is 1200. The van der Waals surface area contributed by atoms with E-state index in [1.165, 1.54) is 5.56 Å². The highest BCUT2D eigenvalue weighted by atomic mass is 16.5. The van der Waals surface area contributed by atoms with E-state index in [4.69, 9.17) is 9.15 Å². The SMILES string of the molecule is COc1cccc2ccc3oc(=O)c4c(c3c12)-c1ccccc1CC4. The van der Waals surface area contributed by atoms with Crippen LogP contribution in [0.25, 0.3) is 32.9 Å². The minimum Gasteiger partial charge on any atom is -0.496 e. The molecule has 1 aromatic heterocycles. The van der Waals surface area contributed by atoms with Gasteiger partial charge in [-0.15, -0.1) is 0 Å². The van der Waals surface area contributed by atoms with Crippen molar-refractivity contribution in [1.82, 2.24) is 0 Å². The summed E-state index contributed by atoms with van der Waals surface area (Å²) in [6, 6.07) is 18.2. The Labute approximate surface area is 144 Å². The molecule has 0 bridgehead atoms. The summed E-state index contributed by atoms with van der Waals surface area (Å²) in [4.78, 5) is 12.6. The van der Waals surface area contributed by atoms with E-state index in [2.05, 4.69) is 24.3 Å². The number of hydrogen-bond donors (Lipinski definition) is 0. The zero-order chi connectivity index (χ0) is 17.0. The van der Waals surface area contributed by atoms with Gasteiger partial charge in [0, 0.05) is 21.9 Å². The topological polar surface area (TPSA) is 39.4 Å². The summed E-state index contributed by atoms with van der Waals surface area (Å²) in [5, 5.41) is 3.04. The standard InChI is InChI=1S/C22H16O3/c1-24-17-8-4-6-14-10-12-18-21(19(14)17)20-15-7-3-2-5-13(15)9-11-16(20)22(23)25-18/h2-8,10,12H,9,11H2,1H3. The molecular formula is C22H16O3. The fraction of sp³-hybridized carbons (Fsp3) is 0.136. The first-order valence-electron chi connectivity index (χ1n) is 8.41. The first kappa shape index (κ1) is 14.3. The molecule has 0 aliphatic heterocycles. The maximum absolute atomic E-state index is 12.6. The molecule has 4 aromatic rings. The van der Waals surface area contributed by atoms with Crippen LogP contribution in [0.5, 0.6) is 5.75 Å². The van der Waals surface area contributed by atoms with Gasteiger partial charge in [-0.3, -0.25) is 0 Å². The quantitative estimate of drug-likeness (QED) is 0.375. The first-order valence-corrected chi connectivity index (χ1v) is 8.41. The van der Waals surface area contributed by atoms with Gasteiger partial charge in [0.25, 0.3) is 0 Å². The molecule has 3 nitrogen and oxygen atoms in total. The molecule has 0 N–H and O–H groups in total. The summed E-state index contributed by atoms with van der Waals surface area (Å²) in [5.41, 5.74) is 4.55. The largest absolute Gasteiger partial charge is 0.496 e. The van der Waals surface area contributed by atoms with Crippen molar-refractivity contribution < 1.29 is 9.15 Å². The summed E-state index contributed by atoms with van der Waals surface area (Å²) >= 11 is 0. The van der Waals surface area contributed by atoms with Crippen LogP contribution in [0, 0.1) is 0 Å². The lowest BCUT2D eigenvalue weighted by molar-refractivity contribution is 0.420. The van der Waals surface area contributed by atoms with Crippen molar-refractivity contribution in [2.45, 2.75) is 12.8 Å². The summed E-state index contributed by atoms with van der Waals surface area (Å²) in [7, 11) is 1.67. The number of aryl methyl sites for hydroxylation is 1. The highest BCUT2D eigenvalue weighted by Gasteiger charge is 2.24. The summed E-state index contributed by atoms with van der Waals surface area (Å²) in [6.07, 6.45) is 1.57. The van der Waals surface area contributed by atoms with Gasteiger partial charge in [-0.1, -0.05) is 42.5 Å². The number of hydrogen-bond acceptors (Lipinski definition) is 3. The number of ether oxygens (including phenoxy) is 1. The second-order valence-electron chi connectivity index (χ2n) is 6.40. The average molecular weight is 328 g/mol. The fourth-order valence-corrected chi connectivity index (χ4v) is 4.01. The van der Waals surface area contributed by atoms with E-state index < -0.39 is 0 Å². The van der Waals surface area contributed by atoms with Crippen molar-refractivity contribution in [2.75, 3.05) is 7.11 Å². The molecule has 0 fully saturated rings. The molecule has 1 aliphatic rings. The maximum atomic E-state index is 12.6. The Balaban J connectivity index is 2.08. The van der Waals surface area contributed by atoms with Crippen LogP contribution in [0.2, 0.25) is 0 Å². The van der Waals surface area contributed by atoms with Crippen LogP contribution in [0.3, 0.4) is 0 Å². The van der Waals surface area contributed by atoms with Crippen LogP contribution in [0.15, 0.2) is 63.8 Å². The molecule has 1 heterocycles. The van der Waals surface area contributed by atoms with Crippen molar-refractivity contribution in [3.63, 3.8) is 0 Å². The van der Waals surface area contributed by atoms with Crippen LogP contribution in [-0.4, -0.2) is 7.11 Å². The second kappa shape index (κ2) is 5.21. The van der Waals surface area contributed by atoms with Gasteiger partial charge in [0.2, 0.25) is 0 Å². The van der Waals surface area contributed by atoms with Crippen LogP contribution >= 0.6 is 0 Å². The molecule has 0 saturated heterocycles. The molecule has 3 heteroatoms. The van der Waals surface area contributed by atoms with E-state index in [1.807, 2.05) is 30.3 Å². The van der Waals surface area contributed by atoms with Crippen LogP contribution in [-0.2, 0) is 12.8 Å². The number of methoxy groups -OCH3 is 1. The van der Waals surface area contributed by atoms with Crippen LogP contribution < -0.4 is 10.4 Å². The van der Waals surface area contributed by atoms with Gasteiger partial charge in [-0.05, 0) is 41.5 Å². The van der Waals surface area contributed by atoms with Gasteiger partial charge in [-0.25, -0.2) is 4.79 Å². The highest BCUT2D eigenvalue weighted by Crippen LogP contribution is 2.42. The Hall–Kier alpha value is -3.07. The molecule has 0 saturated carbocycles. The summed E-state index contributed by atoms with van der Waals surface area (Å²) in [5.74, 6) is 0.794. The predicted octanol–water partition coefficient (Wildman–Crippen LogP) is 4.72. The summed E-state index contributed by atoms with van der Waals surface area (Å²) < 4.78 is 11.3. The Morgan fingerprint density at radius 1 is 0.920 bits per heavy atom. The highest BCUT2D eigenvalue weighted by molar-refractivity contribution is 6.16. The minimum atomic E-state index is -0.230. The molecule has 0 radical (unpaired) electrons. The molecule has 3 aromatic carbocycles. The third kappa shape index (κ3) is 1.96. The third-order valence-electron chi connectivity index (χ3n) is 5.12. The van der Waals surface area contributed by atoms with Crippen molar-refractivity contribution in [2.24, 2.45) is 0 Å². The molecule has 0 amide bonds. The van der Waals surface area contributed by atoms with E-state index >= 15 is 0 Å². The van der Waals surface area contributed by atoms with Gasteiger partial charge in [0.1, 0.15) is 11.3 Å². The van der Waals surface area contributed by atoms with Gasteiger partial charge < -0.3 is 9.15 Å². The van der Waals surface area contributed by atoms with E-state index in [1.54, 1.807) is 7.11 Å². The molecule has 25 heavy (non-hydrogen) atoms. The summed E-state index contributed by atoms with van der Waals surface area (Å²) in [6.45, 7) is 0. The lowest BCUT2D eigenvalue weighted by atomic mass is 9.83. The normalized spacial score (nSPS) is 12.8. The number of benzene rings is 3. The Kier molecular flexibility index (Phi) is 2.98. The number of fused-ring (bicyclic) bond motifs is 7. The zero-order valence-electron chi connectivity index (χ0n) is 13.8. The molecule has 122 valence electrons. The Morgan fingerprint density at radius 3 is 2.68 bits per heavy atom. The van der Waals surface area contributed by atoms with Gasteiger partial charge in [0.15, 0.2) is 0 Å². The Morgan fingerprint density at radius 2 is 1.80 bits per heavy atom. The lowest BCUT2D eigenvalue weighted by Gasteiger charge is -2.21. The molecule has 5 rings (SSSR count). The molecule has 0 unspecified atom stereocenters. The second-order valence-corrected chi connectivity index (χ2v) is 6.40. The average Bonchev–Trinajstić information content (AvgIpc) is 2.66.